The third-order valence-corrected chi connectivity index (χ3v) is 17.3. The summed E-state index contributed by atoms with van der Waals surface area (Å²) in [4.78, 5) is 51.9. The number of ether oxygens (including phenoxy) is 2. The first-order chi connectivity index (χ1) is 20.4. The molecule has 0 aromatic rings. The van der Waals surface area contributed by atoms with E-state index in [1.807, 2.05) is 0 Å². The van der Waals surface area contributed by atoms with E-state index in [1.54, 1.807) is 13.8 Å². The van der Waals surface area contributed by atoms with E-state index in [0.29, 0.717) is 36.2 Å². The molecule has 11 heteroatoms. The molecule has 0 aliphatic rings. The second-order valence-corrected chi connectivity index (χ2v) is 22.1. The van der Waals surface area contributed by atoms with Gasteiger partial charge < -0.3 is 0 Å². The Balaban J connectivity index is 5.93. The van der Waals surface area contributed by atoms with E-state index in [1.165, 1.54) is 0 Å². The Morgan fingerprint density at radius 1 is 0.581 bits per heavy atom. The van der Waals surface area contributed by atoms with E-state index in [0.717, 1.165) is 51.4 Å². The average Bonchev–Trinajstić information content (AvgIpc) is 2.94. The summed E-state index contributed by atoms with van der Waals surface area (Å²) in [6.45, 7) is 12.6. The van der Waals surface area contributed by atoms with E-state index < -0.39 is 54.9 Å². The number of carbonyl (C=O) groups excluding carboxylic acids is 4. The standard InChI is InChI=1S/2C11H22O2S.2C5H9O2.Sn/c2*1-9(2)6-4-3-5-7-10(8-14)11(12)13;2*1-3-5(6)7-4-2;/h2*9-10,14H,3-8H2,1-2H3,(H,12,13);2*1,3-4H2,2H3;/q;;;;+2/p-2. The fourth-order valence-corrected chi connectivity index (χ4v) is 13.8. The van der Waals surface area contributed by atoms with Crippen LogP contribution in [0.1, 0.15) is 119 Å². The van der Waals surface area contributed by atoms with Crippen LogP contribution in [0, 0.1) is 23.7 Å². The van der Waals surface area contributed by atoms with Gasteiger partial charge in [-0.1, -0.05) is 0 Å². The molecular weight excluding hydrogens is 695 g/mol. The number of hydrogen-bond acceptors (Lipinski definition) is 10. The van der Waals surface area contributed by atoms with Gasteiger partial charge in [0, 0.05) is 0 Å². The van der Waals surface area contributed by atoms with Crippen molar-refractivity contribution in [3.8, 4) is 0 Å². The van der Waals surface area contributed by atoms with Crippen molar-refractivity contribution in [2.24, 2.45) is 23.7 Å². The Bertz CT molecular complexity index is 729. The van der Waals surface area contributed by atoms with Gasteiger partial charge in [-0.05, 0) is 0 Å². The zero-order chi connectivity index (χ0) is 32.7. The fourth-order valence-electron chi connectivity index (χ4n) is 4.74. The summed E-state index contributed by atoms with van der Waals surface area (Å²) in [6.07, 6.45) is 9.29. The van der Waals surface area contributed by atoms with Crippen molar-refractivity contribution in [3.05, 3.63) is 0 Å². The molecule has 252 valence electrons. The molecule has 0 saturated carbocycles. The number of unbranched alkanes of at least 4 members (excludes halogenated alkanes) is 4. The van der Waals surface area contributed by atoms with Gasteiger partial charge in [0.2, 0.25) is 0 Å². The number of rotatable bonds is 26. The first-order valence-electron chi connectivity index (χ1n) is 16.4. The summed E-state index contributed by atoms with van der Waals surface area (Å²) >= 11 is 4.09. The van der Waals surface area contributed by atoms with Crippen molar-refractivity contribution in [3.63, 3.8) is 0 Å². The molecule has 0 amide bonds. The van der Waals surface area contributed by atoms with Crippen LogP contribution in [0.5, 0.6) is 0 Å². The van der Waals surface area contributed by atoms with E-state index in [-0.39, 0.29) is 34.9 Å². The Labute approximate surface area is 277 Å². The van der Waals surface area contributed by atoms with Gasteiger partial charge in [-0.3, -0.25) is 0 Å². The second-order valence-electron chi connectivity index (χ2n) is 12.2. The molecule has 0 saturated heterocycles. The molecule has 43 heavy (non-hydrogen) atoms. The normalized spacial score (nSPS) is 13.1. The van der Waals surface area contributed by atoms with Crippen molar-refractivity contribution >= 4 is 68.3 Å². The zero-order valence-electron chi connectivity index (χ0n) is 27.7. The van der Waals surface area contributed by atoms with Gasteiger partial charge in [-0.25, -0.2) is 0 Å². The Kier molecular flexibility index (Phi) is 25.2. The van der Waals surface area contributed by atoms with Crippen LogP contribution in [-0.4, -0.2) is 67.8 Å². The van der Waals surface area contributed by atoms with Gasteiger partial charge in [0.05, 0.1) is 0 Å². The minimum absolute atomic E-state index is 0.0607. The summed E-state index contributed by atoms with van der Waals surface area (Å²) in [5.41, 5.74) is 0. The summed E-state index contributed by atoms with van der Waals surface area (Å²) in [5, 5.41) is 0. The molecule has 0 fully saturated rings. The first-order valence-corrected chi connectivity index (χ1v) is 24.0. The molecule has 2 atom stereocenters. The minimum atomic E-state index is -4.77. The predicted molar refractivity (Wildman–Crippen MR) is 181 cm³/mol. The van der Waals surface area contributed by atoms with Crippen molar-refractivity contribution in [2.45, 2.75) is 127 Å². The molecule has 0 N–H and O–H groups in total. The van der Waals surface area contributed by atoms with Crippen molar-refractivity contribution in [2.75, 3.05) is 24.7 Å². The first kappa shape index (κ1) is 42.4. The monoisotopic (exact) mass is 756 g/mol. The molecule has 0 aliphatic carbocycles. The number of thiol groups is 2. The maximum atomic E-state index is 13.6. The van der Waals surface area contributed by atoms with Gasteiger partial charge in [0.25, 0.3) is 0 Å². The van der Waals surface area contributed by atoms with Gasteiger partial charge in [0.15, 0.2) is 0 Å². The molecular formula is C32H60O8S2Sn. The molecule has 0 rings (SSSR count). The third-order valence-electron chi connectivity index (χ3n) is 7.38. The Hall–Kier alpha value is -0.621. The molecule has 0 radical (unpaired) electrons. The maximum absolute atomic E-state index is 13.6. The molecule has 0 spiro atoms. The molecule has 0 bridgehead atoms. The molecule has 0 aromatic heterocycles. The van der Waals surface area contributed by atoms with Crippen molar-refractivity contribution < 1.29 is 34.8 Å². The van der Waals surface area contributed by atoms with E-state index in [4.69, 9.17) is 15.6 Å². The van der Waals surface area contributed by atoms with Crippen LogP contribution in [0.15, 0.2) is 0 Å². The number of carbonyl (C=O) groups is 4. The van der Waals surface area contributed by atoms with Crippen LogP contribution in [0.25, 0.3) is 0 Å². The fraction of sp³-hybridized carbons (Fsp3) is 0.875. The quantitative estimate of drug-likeness (QED) is 0.0401. The zero-order valence-corrected chi connectivity index (χ0v) is 32.3. The SMILES string of the molecule is CCOC(=O)C[CH2][Sn]([CH2]CC(=O)OCC)([O]C(=O)C(CS)CCCCCC(C)C)[O]C(=O)C(CS)CCCCCC(C)C. The topological polar surface area (TPSA) is 105 Å². The summed E-state index contributed by atoms with van der Waals surface area (Å²) in [5.74, 6) is -0.929. The van der Waals surface area contributed by atoms with Crippen LogP contribution in [0.4, 0.5) is 0 Å². The van der Waals surface area contributed by atoms with Gasteiger partial charge >= 0.3 is 279 Å². The predicted octanol–water partition coefficient (Wildman–Crippen LogP) is 7.73. The van der Waals surface area contributed by atoms with Gasteiger partial charge in [-0.15, -0.1) is 0 Å². The molecule has 8 nitrogen and oxygen atoms in total. The number of esters is 2. The van der Waals surface area contributed by atoms with Crippen LogP contribution < -0.4 is 0 Å². The van der Waals surface area contributed by atoms with E-state index in [2.05, 4.69) is 53.0 Å². The van der Waals surface area contributed by atoms with Crippen LogP contribution >= 0.6 is 25.3 Å². The Morgan fingerprint density at radius 3 is 1.23 bits per heavy atom. The van der Waals surface area contributed by atoms with Crippen LogP contribution in [-0.2, 0) is 34.8 Å². The second kappa shape index (κ2) is 25.6. The van der Waals surface area contributed by atoms with E-state index >= 15 is 0 Å². The van der Waals surface area contributed by atoms with Gasteiger partial charge in [0.1, 0.15) is 0 Å². The number of hydrogen-bond donors (Lipinski definition) is 2. The summed E-state index contributed by atoms with van der Waals surface area (Å²) in [6, 6.07) is 0. The summed E-state index contributed by atoms with van der Waals surface area (Å²) in [7, 11) is 0. The van der Waals surface area contributed by atoms with Crippen molar-refractivity contribution in [1.82, 2.24) is 0 Å². The van der Waals surface area contributed by atoms with Crippen LogP contribution in [0.2, 0.25) is 8.87 Å². The van der Waals surface area contributed by atoms with Crippen molar-refractivity contribution in [1.29, 1.82) is 0 Å². The average molecular weight is 756 g/mol. The molecule has 2 unspecified atom stereocenters. The third kappa shape index (κ3) is 20.9. The molecule has 0 aliphatic heterocycles. The van der Waals surface area contributed by atoms with Gasteiger partial charge in [-0.2, -0.15) is 0 Å². The van der Waals surface area contributed by atoms with Crippen LogP contribution in [0.3, 0.4) is 0 Å². The summed E-state index contributed by atoms with van der Waals surface area (Å²) < 4.78 is 22.8. The molecule has 0 aromatic carbocycles. The van der Waals surface area contributed by atoms with E-state index in [9.17, 15) is 19.2 Å². The molecule has 0 heterocycles. The Morgan fingerprint density at radius 2 is 0.930 bits per heavy atom.